The molecule has 0 bridgehead atoms. The van der Waals surface area contributed by atoms with Crippen molar-refractivity contribution in [2.75, 3.05) is 19.7 Å². The molecule has 2 aliphatic heterocycles. The zero-order chi connectivity index (χ0) is 28.6. The maximum absolute atomic E-state index is 10.6. The van der Waals surface area contributed by atoms with Crippen molar-refractivity contribution in [3.63, 3.8) is 0 Å². The number of hydrogen-bond donors (Lipinski definition) is 2. The van der Waals surface area contributed by atoms with Crippen molar-refractivity contribution in [3.05, 3.63) is 46.4 Å². The highest BCUT2D eigenvalue weighted by atomic mass is 32.1. The number of aryl methyl sites for hydroxylation is 1. The number of carboxylic acid groups (broad SMARTS) is 2. The van der Waals surface area contributed by atoms with E-state index in [4.69, 9.17) is 29.3 Å². The van der Waals surface area contributed by atoms with Crippen LogP contribution in [0.25, 0.3) is 0 Å². The molecule has 8 nitrogen and oxygen atoms in total. The summed E-state index contributed by atoms with van der Waals surface area (Å²) in [5.74, 6) is -4.68. The first kappa shape index (κ1) is 31.3. The predicted molar refractivity (Wildman–Crippen MR) is 123 cm³/mol. The Balaban J connectivity index is 0.000000301. The Morgan fingerprint density at radius 1 is 1.16 bits per heavy atom. The molecule has 2 aromatic heterocycles. The summed E-state index contributed by atoms with van der Waals surface area (Å²) in [7, 11) is 0. The van der Waals surface area contributed by atoms with Crippen molar-refractivity contribution >= 4 is 23.3 Å². The number of aromatic nitrogens is 1. The molecule has 2 fully saturated rings. The van der Waals surface area contributed by atoms with Gasteiger partial charge in [-0.1, -0.05) is 0 Å². The molecule has 2 aliphatic rings. The number of piperidine rings is 1. The third kappa shape index (κ3) is 10.5. The molecule has 0 aliphatic carbocycles. The standard InChI is InChI=1S/C19H24N2O2S.2C2HF3O2/c1-15-5-6-18(24-15)12-21-9-3-7-19(14-21)10-17(13-22-19)23-16-4-2-8-20-11-16;2*3-2(4,5)1(6)7/h2,4-6,8,11,17H,3,7,9-10,12-14H2,1H3;2*(H,6,7). The van der Waals surface area contributed by atoms with Gasteiger partial charge in [0.15, 0.2) is 0 Å². The SMILES string of the molecule is Cc1ccc(CN2CCCC3(CC(Oc4cccnc4)CO3)C2)s1.O=C(O)C(F)(F)F.O=C(O)C(F)(F)F. The lowest BCUT2D eigenvalue weighted by Gasteiger charge is -2.39. The second-order valence-electron chi connectivity index (χ2n) is 8.56. The third-order valence-corrected chi connectivity index (χ3v) is 6.38. The lowest BCUT2D eigenvalue weighted by molar-refractivity contribution is -0.193. The summed E-state index contributed by atoms with van der Waals surface area (Å²) in [5.41, 5.74) is -0.0303. The third-order valence-electron chi connectivity index (χ3n) is 5.39. The lowest BCUT2D eigenvalue weighted by Crippen LogP contribution is -2.47. The monoisotopic (exact) mass is 572 g/mol. The normalized spacial score (nSPS) is 21.6. The summed E-state index contributed by atoms with van der Waals surface area (Å²) >= 11 is 1.90. The number of hydrogen-bond acceptors (Lipinski definition) is 7. The molecule has 38 heavy (non-hydrogen) atoms. The van der Waals surface area contributed by atoms with Crippen LogP contribution >= 0.6 is 11.3 Å². The summed E-state index contributed by atoms with van der Waals surface area (Å²) in [6.07, 6.45) is -3.17. The largest absolute Gasteiger partial charge is 0.490 e. The van der Waals surface area contributed by atoms with E-state index in [1.807, 2.05) is 23.5 Å². The van der Waals surface area contributed by atoms with Gasteiger partial charge in [-0.05, 0) is 50.6 Å². The van der Waals surface area contributed by atoms with Crippen molar-refractivity contribution in [1.29, 1.82) is 0 Å². The molecule has 15 heteroatoms. The molecule has 0 aromatic carbocycles. The number of carboxylic acids is 2. The van der Waals surface area contributed by atoms with Crippen LogP contribution in [-0.2, 0) is 20.9 Å². The molecular weight excluding hydrogens is 546 g/mol. The van der Waals surface area contributed by atoms with Crippen molar-refractivity contribution in [2.24, 2.45) is 0 Å². The minimum absolute atomic E-state index is 0.0303. The van der Waals surface area contributed by atoms with Gasteiger partial charge in [0.2, 0.25) is 0 Å². The summed E-state index contributed by atoms with van der Waals surface area (Å²) in [6.45, 7) is 6.07. The summed E-state index contributed by atoms with van der Waals surface area (Å²) in [4.78, 5) is 27.3. The fourth-order valence-corrected chi connectivity index (χ4v) is 4.82. The van der Waals surface area contributed by atoms with E-state index in [1.165, 1.54) is 16.2 Å². The molecule has 2 atom stereocenters. The molecular formula is C23H26F6N2O6S. The van der Waals surface area contributed by atoms with Gasteiger partial charge in [-0.25, -0.2) is 9.59 Å². The molecule has 0 amide bonds. The van der Waals surface area contributed by atoms with Crippen LogP contribution in [0.5, 0.6) is 5.75 Å². The topological polar surface area (TPSA) is 109 Å². The first-order valence-corrected chi connectivity index (χ1v) is 12.0. The zero-order valence-corrected chi connectivity index (χ0v) is 20.9. The van der Waals surface area contributed by atoms with E-state index in [-0.39, 0.29) is 11.7 Å². The average molecular weight is 573 g/mol. The molecule has 1 spiro atoms. The van der Waals surface area contributed by atoms with E-state index in [0.717, 1.165) is 38.2 Å². The molecule has 4 rings (SSSR count). The van der Waals surface area contributed by atoms with Crippen LogP contribution in [0.4, 0.5) is 26.3 Å². The van der Waals surface area contributed by atoms with E-state index in [2.05, 4.69) is 28.9 Å². The Kier molecular flexibility index (Phi) is 10.9. The van der Waals surface area contributed by atoms with Gasteiger partial charge in [0, 0.05) is 35.5 Å². The number of halogens is 6. The quantitative estimate of drug-likeness (QED) is 0.497. The van der Waals surface area contributed by atoms with Crippen molar-refractivity contribution in [1.82, 2.24) is 9.88 Å². The second-order valence-corrected chi connectivity index (χ2v) is 9.93. The molecule has 0 saturated carbocycles. The number of alkyl halides is 6. The Bertz CT molecular complexity index is 1030. The van der Waals surface area contributed by atoms with Crippen LogP contribution in [0.1, 0.15) is 29.0 Å². The Hall–Kier alpha value is -2.91. The van der Waals surface area contributed by atoms with Gasteiger partial charge in [0.1, 0.15) is 11.9 Å². The molecule has 0 radical (unpaired) electrons. The number of rotatable bonds is 4. The zero-order valence-electron chi connectivity index (χ0n) is 20.1. The number of thiophene rings is 1. The fraction of sp³-hybridized carbons (Fsp3) is 0.522. The minimum atomic E-state index is -5.08. The number of ether oxygens (including phenoxy) is 2. The summed E-state index contributed by atoms with van der Waals surface area (Å²) in [6, 6.07) is 8.34. The van der Waals surface area contributed by atoms with Gasteiger partial charge in [-0.15, -0.1) is 11.3 Å². The van der Waals surface area contributed by atoms with E-state index < -0.39 is 24.3 Å². The summed E-state index contributed by atoms with van der Waals surface area (Å²) in [5, 5.41) is 14.2. The lowest BCUT2D eigenvalue weighted by atomic mass is 9.89. The van der Waals surface area contributed by atoms with Crippen LogP contribution in [0.15, 0.2) is 36.7 Å². The molecule has 2 aromatic rings. The Labute approximate surface area is 217 Å². The summed E-state index contributed by atoms with van der Waals surface area (Å²) < 4.78 is 75.8. The smallest absolute Gasteiger partial charge is 0.486 e. The van der Waals surface area contributed by atoms with E-state index in [0.29, 0.717) is 6.61 Å². The van der Waals surface area contributed by atoms with Gasteiger partial charge < -0.3 is 19.7 Å². The molecule has 4 heterocycles. The molecule has 2 N–H and O–H groups in total. The number of likely N-dealkylation sites (tertiary alicyclic amines) is 1. The molecule has 212 valence electrons. The highest BCUT2D eigenvalue weighted by molar-refractivity contribution is 7.11. The maximum atomic E-state index is 10.6. The van der Waals surface area contributed by atoms with Gasteiger partial charge in [-0.2, -0.15) is 26.3 Å². The first-order chi connectivity index (χ1) is 17.6. The van der Waals surface area contributed by atoms with Gasteiger partial charge in [0.05, 0.1) is 18.4 Å². The van der Waals surface area contributed by atoms with Gasteiger partial charge >= 0.3 is 24.3 Å². The minimum Gasteiger partial charge on any atom is -0.486 e. The van der Waals surface area contributed by atoms with Crippen LogP contribution in [0, 0.1) is 6.92 Å². The van der Waals surface area contributed by atoms with E-state index in [1.54, 1.807) is 12.4 Å². The highest BCUT2D eigenvalue weighted by Gasteiger charge is 2.44. The number of carbonyl (C=O) groups is 2. The number of nitrogens with zero attached hydrogens (tertiary/aromatic N) is 2. The van der Waals surface area contributed by atoms with Crippen molar-refractivity contribution in [2.45, 2.75) is 56.8 Å². The van der Waals surface area contributed by atoms with Crippen LogP contribution < -0.4 is 4.74 Å². The predicted octanol–water partition coefficient (Wildman–Crippen LogP) is 4.92. The van der Waals surface area contributed by atoms with E-state index in [9.17, 15) is 26.3 Å². The van der Waals surface area contributed by atoms with Crippen molar-refractivity contribution < 1.29 is 55.6 Å². The molecule has 2 saturated heterocycles. The second kappa shape index (κ2) is 13.2. The number of aliphatic carboxylic acids is 2. The highest BCUT2D eigenvalue weighted by Crippen LogP contribution is 2.37. The van der Waals surface area contributed by atoms with Crippen molar-refractivity contribution in [3.8, 4) is 5.75 Å². The Morgan fingerprint density at radius 2 is 1.79 bits per heavy atom. The maximum Gasteiger partial charge on any atom is 0.490 e. The van der Waals surface area contributed by atoms with Crippen LogP contribution in [-0.4, -0.2) is 75.8 Å². The average Bonchev–Trinajstić information content (AvgIpc) is 3.39. The molecule has 2 unspecified atom stereocenters. The fourth-order valence-electron chi connectivity index (χ4n) is 3.89. The van der Waals surface area contributed by atoms with Crippen LogP contribution in [0.3, 0.4) is 0 Å². The van der Waals surface area contributed by atoms with Gasteiger partial charge in [0.25, 0.3) is 0 Å². The van der Waals surface area contributed by atoms with Crippen LogP contribution in [0.2, 0.25) is 0 Å². The number of pyridine rings is 1. The first-order valence-electron chi connectivity index (χ1n) is 11.2. The van der Waals surface area contributed by atoms with Gasteiger partial charge in [-0.3, -0.25) is 9.88 Å². The van der Waals surface area contributed by atoms with E-state index >= 15 is 0 Å². The Morgan fingerprint density at radius 3 is 2.29 bits per heavy atom.